The molecule has 24 heavy (non-hydrogen) atoms. The van der Waals surface area contributed by atoms with Crippen LogP contribution in [0.2, 0.25) is 0 Å². The zero-order valence-corrected chi connectivity index (χ0v) is 12.8. The molecule has 2 aromatic heterocycles. The van der Waals surface area contributed by atoms with E-state index in [1.807, 2.05) is 0 Å². The first-order chi connectivity index (χ1) is 11.7. The van der Waals surface area contributed by atoms with Crippen LogP contribution in [0.1, 0.15) is 11.1 Å². The third kappa shape index (κ3) is 1.92. The topological polar surface area (TPSA) is 91.1 Å². The summed E-state index contributed by atoms with van der Waals surface area (Å²) in [6.45, 7) is 0. The van der Waals surface area contributed by atoms with E-state index in [9.17, 15) is 10.1 Å². The van der Waals surface area contributed by atoms with Crippen molar-refractivity contribution in [1.29, 1.82) is 5.26 Å². The van der Waals surface area contributed by atoms with Gasteiger partial charge in [0.15, 0.2) is 0 Å². The number of nitrogens with one attached hydrogen (secondary N) is 1. The largest absolute Gasteiger partial charge is 0.494 e. The van der Waals surface area contributed by atoms with E-state index >= 15 is 0 Å². The number of nitrogens with zero attached hydrogens (tertiary/aromatic N) is 3. The molecule has 116 valence electrons. The molecule has 3 heterocycles. The van der Waals surface area contributed by atoms with E-state index in [1.165, 1.54) is 0 Å². The number of hydrogen-bond acceptors (Lipinski definition) is 5. The number of aromatic amines is 1. The van der Waals surface area contributed by atoms with Crippen LogP contribution in [-0.2, 0) is 6.42 Å². The molecule has 0 atom stereocenters. The van der Waals surface area contributed by atoms with Gasteiger partial charge in [-0.05, 0) is 18.2 Å². The van der Waals surface area contributed by atoms with E-state index in [0.29, 0.717) is 45.5 Å². The van der Waals surface area contributed by atoms with Crippen molar-refractivity contribution in [3.8, 4) is 23.1 Å². The molecule has 0 fully saturated rings. The molecule has 4 rings (SSSR count). The Morgan fingerprint density at radius 1 is 1.42 bits per heavy atom. The average molecular weight is 316 g/mol. The molecule has 6 heteroatoms. The van der Waals surface area contributed by atoms with E-state index in [1.54, 1.807) is 43.9 Å². The van der Waals surface area contributed by atoms with Crippen molar-refractivity contribution in [2.24, 2.45) is 4.99 Å². The van der Waals surface area contributed by atoms with Gasteiger partial charge >= 0.3 is 0 Å². The summed E-state index contributed by atoms with van der Waals surface area (Å²) in [5.74, 6) is 0.561. The number of ether oxygens (including phenoxy) is 1. The smallest absolute Gasteiger partial charge is 0.256 e. The standard InChI is InChI=1S/C18H12N4O2/c1-24-14-7-12-13(8-19)16(10-3-2-5-20-9-10)22-18(23)15(12)11-4-6-21-17(11)14/h2-3,5-7,9H,4H2,1H3,(H,22,23). The summed E-state index contributed by atoms with van der Waals surface area (Å²) in [7, 11) is 1.55. The van der Waals surface area contributed by atoms with Gasteiger partial charge in [-0.2, -0.15) is 5.26 Å². The number of nitriles is 1. The van der Waals surface area contributed by atoms with Gasteiger partial charge in [-0.15, -0.1) is 0 Å². The number of benzene rings is 1. The van der Waals surface area contributed by atoms with E-state index < -0.39 is 0 Å². The number of aromatic nitrogens is 2. The number of methoxy groups -OCH3 is 1. The van der Waals surface area contributed by atoms with Crippen LogP contribution in [0.5, 0.6) is 5.75 Å². The van der Waals surface area contributed by atoms with Gasteiger partial charge in [0.1, 0.15) is 17.5 Å². The number of hydrogen-bond donors (Lipinski definition) is 1. The molecular weight excluding hydrogens is 304 g/mol. The van der Waals surface area contributed by atoms with Crippen molar-refractivity contribution in [3.05, 3.63) is 52.1 Å². The van der Waals surface area contributed by atoms with E-state index in [2.05, 4.69) is 21.0 Å². The Kier molecular flexibility index (Phi) is 3.14. The highest BCUT2D eigenvalue weighted by molar-refractivity contribution is 6.01. The summed E-state index contributed by atoms with van der Waals surface area (Å²) >= 11 is 0. The fourth-order valence-electron chi connectivity index (χ4n) is 3.10. The lowest BCUT2D eigenvalue weighted by Gasteiger charge is -2.12. The second-order valence-electron chi connectivity index (χ2n) is 5.40. The number of aliphatic imine (C=N–C) groups is 1. The molecule has 0 spiro atoms. The van der Waals surface area contributed by atoms with Crippen LogP contribution in [0, 0.1) is 11.3 Å². The Balaban J connectivity index is 2.16. The van der Waals surface area contributed by atoms with Gasteiger partial charge in [0.05, 0.1) is 23.8 Å². The van der Waals surface area contributed by atoms with E-state index in [-0.39, 0.29) is 5.56 Å². The number of fused-ring (bicyclic) bond motifs is 3. The number of H-pyrrole nitrogens is 1. The highest BCUT2D eigenvalue weighted by Gasteiger charge is 2.22. The third-order valence-electron chi connectivity index (χ3n) is 4.15. The molecule has 1 N–H and O–H groups in total. The van der Waals surface area contributed by atoms with Gasteiger partial charge in [0.25, 0.3) is 5.56 Å². The molecule has 6 nitrogen and oxygen atoms in total. The van der Waals surface area contributed by atoms with Gasteiger partial charge in [-0.1, -0.05) is 0 Å². The fraction of sp³-hybridized carbons (Fsp3) is 0.111. The van der Waals surface area contributed by atoms with Crippen LogP contribution in [0.25, 0.3) is 22.0 Å². The van der Waals surface area contributed by atoms with Gasteiger partial charge < -0.3 is 9.72 Å². The summed E-state index contributed by atoms with van der Waals surface area (Å²) in [6, 6.07) is 7.49. The minimum absolute atomic E-state index is 0.243. The van der Waals surface area contributed by atoms with Crippen LogP contribution in [-0.4, -0.2) is 23.3 Å². The van der Waals surface area contributed by atoms with Crippen LogP contribution < -0.4 is 10.3 Å². The molecule has 1 aromatic carbocycles. The molecule has 1 aliphatic heterocycles. The Bertz CT molecular complexity index is 1090. The second kappa shape index (κ2) is 5.32. The maximum absolute atomic E-state index is 12.7. The molecule has 0 radical (unpaired) electrons. The Morgan fingerprint density at radius 3 is 3.00 bits per heavy atom. The van der Waals surface area contributed by atoms with Crippen molar-refractivity contribution in [2.45, 2.75) is 6.42 Å². The van der Waals surface area contributed by atoms with Crippen molar-refractivity contribution in [3.63, 3.8) is 0 Å². The molecule has 0 bridgehead atoms. The molecule has 3 aromatic rings. The van der Waals surface area contributed by atoms with Crippen molar-refractivity contribution < 1.29 is 4.74 Å². The molecule has 0 saturated carbocycles. The molecule has 1 aliphatic rings. The first-order valence-electron chi connectivity index (χ1n) is 7.37. The molecule has 0 saturated heterocycles. The molecule has 0 aliphatic carbocycles. The minimum Gasteiger partial charge on any atom is -0.494 e. The summed E-state index contributed by atoms with van der Waals surface area (Å²) in [4.78, 5) is 23.9. The summed E-state index contributed by atoms with van der Waals surface area (Å²) in [5.41, 5.74) is 2.75. The van der Waals surface area contributed by atoms with E-state index in [0.717, 1.165) is 5.56 Å². The Morgan fingerprint density at radius 2 is 2.29 bits per heavy atom. The van der Waals surface area contributed by atoms with Crippen LogP contribution >= 0.6 is 0 Å². The molecule has 0 unspecified atom stereocenters. The zero-order chi connectivity index (χ0) is 16.7. The third-order valence-corrected chi connectivity index (χ3v) is 4.15. The SMILES string of the molecule is COc1cc2c(C#N)c(-c3cccnc3)[nH]c(=O)c2c2c1N=CC2. The van der Waals surface area contributed by atoms with Crippen LogP contribution in [0.4, 0.5) is 5.69 Å². The van der Waals surface area contributed by atoms with E-state index in [4.69, 9.17) is 4.74 Å². The Hall–Kier alpha value is -3.46. The predicted octanol–water partition coefficient (Wildman–Crippen LogP) is 2.73. The number of rotatable bonds is 2. The normalized spacial score (nSPS) is 12.2. The molecular formula is C18H12N4O2. The van der Waals surface area contributed by atoms with Crippen LogP contribution in [0.15, 0.2) is 40.4 Å². The van der Waals surface area contributed by atoms with Gasteiger partial charge in [0.2, 0.25) is 0 Å². The zero-order valence-electron chi connectivity index (χ0n) is 12.8. The molecule has 0 amide bonds. The lowest BCUT2D eigenvalue weighted by atomic mass is 9.96. The Labute approximate surface area is 137 Å². The summed E-state index contributed by atoms with van der Waals surface area (Å²) in [5, 5.41) is 10.8. The maximum Gasteiger partial charge on any atom is 0.256 e. The summed E-state index contributed by atoms with van der Waals surface area (Å²) < 4.78 is 5.40. The highest BCUT2D eigenvalue weighted by atomic mass is 16.5. The fourth-order valence-corrected chi connectivity index (χ4v) is 3.10. The quantitative estimate of drug-likeness (QED) is 0.787. The second-order valence-corrected chi connectivity index (χ2v) is 5.40. The first-order valence-corrected chi connectivity index (χ1v) is 7.37. The average Bonchev–Trinajstić information content (AvgIpc) is 3.11. The lowest BCUT2D eigenvalue weighted by molar-refractivity contribution is 0.416. The predicted molar refractivity (Wildman–Crippen MR) is 90.9 cm³/mol. The van der Waals surface area contributed by atoms with Crippen molar-refractivity contribution >= 4 is 22.7 Å². The lowest BCUT2D eigenvalue weighted by Crippen LogP contribution is -2.12. The van der Waals surface area contributed by atoms with Crippen molar-refractivity contribution in [2.75, 3.05) is 7.11 Å². The maximum atomic E-state index is 12.7. The highest BCUT2D eigenvalue weighted by Crippen LogP contribution is 2.41. The van der Waals surface area contributed by atoms with Gasteiger partial charge in [0, 0.05) is 41.5 Å². The first kappa shape index (κ1) is 14.2. The van der Waals surface area contributed by atoms with Crippen molar-refractivity contribution in [1.82, 2.24) is 9.97 Å². The van der Waals surface area contributed by atoms with Gasteiger partial charge in [-0.3, -0.25) is 14.8 Å². The van der Waals surface area contributed by atoms with Gasteiger partial charge in [-0.25, -0.2) is 0 Å². The minimum atomic E-state index is -0.243. The van der Waals surface area contributed by atoms with Crippen LogP contribution in [0.3, 0.4) is 0 Å². The summed E-state index contributed by atoms with van der Waals surface area (Å²) in [6.07, 6.45) is 5.55. The monoisotopic (exact) mass is 316 g/mol. The number of pyridine rings is 2.